The van der Waals surface area contributed by atoms with E-state index in [2.05, 4.69) is 86.9 Å². The molecular formula is C34H28O4SiTi. The molecule has 0 saturated heterocycles. The van der Waals surface area contributed by atoms with Crippen LogP contribution in [0.4, 0.5) is 0 Å². The molecule has 6 heteroatoms. The second-order valence-corrected chi connectivity index (χ2v) is 20.2. The molecule has 0 amide bonds. The number of fused-ring (bicyclic) bond motifs is 6. The first-order valence-electron chi connectivity index (χ1n) is 13.5. The van der Waals surface area contributed by atoms with Crippen molar-refractivity contribution in [1.29, 1.82) is 0 Å². The standard InChI is InChI=1S/C28H22Si.2C3H4O2.Ti/c1-29(2,27-15-7-13-23-21-11-5-3-9-19(21)17-25(23)27)28-16-8-14-24-22-12-6-4-10-20(22)18-26(24)28;2*1-2-3(4)5;/h3-18H,1-2H3;2*2H,1H2,(H,4,5);/q;;;+2/p-2. The van der Waals surface area contributed by atoms with Crippen molar-refractivity contribution in [2.24, 2.45) is 0 Å². The molecule has 0 saturated carbocycles. The molecule has 7 rings (SSSR count). The average molecular weight is 577 g/mol. The summed E-state index contributed by atoms with van der Waals surface area (Å²) in [4.78, 5) is 26.8. The zero-order valence-corrected chi connectivity index (χ0v) is 25.0. The van der Waals surface area contributed by atoms with Gasteiger partial charge in [-0.05, 0) is 0 Å². The first-order valence-corrected chi connectivity index (χ1v) is 19.6. The molecular weight excluding hydrogens is 548 g/mol. The molecule has 0 spiro atoms. The summed E-state index contributed by atoms with van der Waals surface area (Å²) in [5.74, 6) is -1.14. The van der Waals surface area contributed by atoms with Gasteiger partial charge in [0.15, 0.2) is 0 Å². The van der Waals surface area contributed by atoms with Crippen LogP contribution in [-0.4, -0.2) is 20.0 Å². The molecule has 40 heavy (non-hydrogen) atoms. The molecule has 196 valence electrons. The Morgan fingerprint density at radius 2 is 1.05 bits per heavy atom. The number of carbonyl (C=O) groups excluding carboxylic acids is 2. The summed E-state index contributed by atoms with van der Waals surface area (Å²) in [6, 6.07) is 29.7. The van der Waals surface area contributed by atoms with Gasteiger partial charge in [0.1, 0.15) is 0 Å². The molecule has 3 aliphatic rings. The van der Waals surface area contributed by atoms with Crippen molar-refractivity contribution in [1.82, 2.24) is 0 Å². The zero-order chi connectivity index (χ0) is 27.8. The molecule has 2 aliphatic carbocycles. The van der Waals surface area contributed by atoms with Crippen LogP contribution >= 0.6 is 0 Å². The number of carbonyl (C=O) groups is 2. The fourth-order valence-electron chi connectivity index (χ4n) is 7.41. The first-order chi connectivity index (χ1) is 19.3. The second-order valence-electron chi connectivity index (χ2n) is 11.2. The summed E-state index contributed by atoms with van der Waals surface area (Å²) in [5.41, 5.74) is 8.86. The van der Waals surface area contributed by atoms with E-state index in [0.29, 0.717) is 0 Å². The van der Waals surface area contributed by atoms with Crippen molar-refractivity contribution in [2.75, 3.05) is 0 Å². The third kappa shape index (κ3) is 3.23. The Labute approximate surface area is 239 Å². The Balaban J connectivity index is 1.71. The molecule has 4 aromatic carbocycles. The molecule has 0 radical (unpaired) electrons. The van der Waals surface area contributed by atoms with E-state index in [9.17, 15) is 9.59 Å². The van der Waals surface area contributed by atoms with E-state index in [-0.39, 0.29) is 8.45 Å². The van der Waals surface area contributed by atoms with E-state index in [1.807, 2.05) is 24.3 Å². The van der Waals surface area contributed by atoms with Gasteiger partial charge in [-0.15, -0.1) is 0 Å². The summed E-state index contributed by atoms with van der Waals surface area (Å²) < 4.78 is 12.6. The van der Waals surface area contributed by atoms with Crippen LogP contribution < -0.4 is 10.4 Å². The molecule has 4 nitrogen and oxygen atoms in total. The van der Waals surface area contributed by atoms with Gasteiger partial charge in [-0.2, -0.15) is 0 Å². The van der Waals surface area contributed by atoms with E-state index >= 15 is 0 Å². The number of hydrogen-bond acceptors (Lipinski definition) is 4. The van der Waals surface area contributed by atoms with Crippen molar-refractivity contribution in [3.63, 3.8) is 0 Å². The van der Waals surface area contributed by atoms with Gasteiger partial charge in [-0.3, -0.25) is 0 Å². The first kappa shape index (κ1) is 25.2. The quantitative estimate of drug-likeness (QED) is 0.218. The molecule has 4 aromatic rings. The van der Waals surface area contributed by atoms with Gasteiger partial charge in [0, 0.05) is 0 Å². The van der Waals surface area contributed by atoms with Crippen molar-refractivity contribution in [3.05, 3.63) is 132 Å². The molecule has 0 aromatic heterocycles. The third-order valence-corrected chi connectivity index (χ3v) is 18.5. The third-order valence-electron chi connectivity index (χ3n) is 8.92. The second kappa shape index (κ2) is 8.87. The van der Waals surface area contributed by atoms with Crippen LogP contribution in [0.25, 0.3) is 22.3 Å². The molecule has 0 fully saturated rings. The van der Waals surface area contributed by atoms with Gasteiger partial charge in [0.05, 0.1) is 0 Å². The van der Waals surface area contributed by atoms with Crippen LogP contribution in [-0.2, 0) is 33.6 Å². The van der Waals surface area contributed by atoms with Gasteiger partial charge in [0.25, 0.3) is 0 Å². The van der Waals surface area contributed by atoms with Crippen LogP contribution in [0.1, 0.15) is 30.7 Å². The van der Waals surface area contributed by atoms with Crippen molar-refractivity contribution < 1.29 is 33.6 Å². The fraction of sp³-hybridized carbons (Fsp3) is 0.118. The van der Waals surface area contributed by atoms with E-state index < -0.39 is 37.4 Å². The van der Waals surface area contributed by atoms with Gasteiger partial charge < -0.3 is 0 Å². The van der Waals surface area contributed by atoms with Crippen LogP contribution in [0.5, 0.6) is 0 Å². The minimum absolute atomic E-state index is 0.376. The van der Waals surface area contributed by atoms with E-state index in [0.717, 1.165) is 44.5 Å². The fourth-order valence-corrected chi connectivity index (χ4v) is 18.0. The zero-order valence-electron chi connectivity index (χ0n) is 22.4. The summed E-state index contributed by atoms with van der Waals surface area (Å²) >= 11 is -4.76. The van der Waals surface area contributed by atoms with Crippen LogP contribution in [0.2, 0.25) is 13.1 Å². The number of hydrogen-bond donors (Lipinski definition) is 0. The van der Waals surface area contributed by atoms with Gasteiger partial charge in [-0.1, -0.05) is 0 Å². The van der Waals surface area contributed by atoms with E-state index in [1.54, 1.807) is 0 Å². The summed E-state index contributed by atoms with van der Waals surface area (Å²) in [5, 5.41) is 2.57. The number of benzene rings is 4. The van der Waals surface area contributed by atoms with Crippen LogP contribution in [0, 0.1) is 0 Å². The van der Waals surface area contributed by atoms with E-state index in [4.69, 9.17) is 6.64 Å². The van der Waals surface area contributed by atoms with Crippen LogP contribution in [0.3, 0.4) is 0 Å². The Morgan fingerprint density at radius 1 is 0.650 bits per heavy atom. The summed E-state index contributed by atoms with van der Waals surface area (Å²) in [7, 11) is -2.31. The van der Waals surface area contributed by atoms with Gasteiger partial charge >= 0.3 is 240 Å². The predicted molar refractivity (Wildman–Crippen MR) is 157 cm³/mol. The summed E-state index contributed by atoms with van der Waals surface area (Å²) in [6.45, 7) is 12.3. The molecule has 2 atom stereocenters. The average Bonchev–Trinajstić information content (AvgIpc) is 3.50. The topological polar surface area (TPSA) is 52.6 Å². The predicted octanol–water partition coefficient (Wildman–Crippen LogP) is 6.10. The Bertz CT molecular complexity index is 1660. The van der Waals surface area contributed by atoms with Gasteiger partial charge in [0.2, 0.25) is 0 Å². The van der Waals surface area contributed by atoms with Crippen molar-refractivity contribution >= 4 is 30.4 Å². The molecule has 1 aliphatic heterocycles. The van der Waals surface area contributed by atoms with Crippen molar-refractivity contribution in [3.8, 4) is 22.3 Å². The monoisotopic (exact) mass is 576 g/mol. The van der Waals surface area contributed by atoms with Gasteiger partial charge in [-0.25, -0.2) is 0 Å². The molecule has 1 heterocycles. The Morgan fingerprint density at radius 3 is 1.48 bits per heavy atom. The van der Waals surface area contributed by atoms with E-state index in [1.165, 1.54) is 22.5 Å². The normalized spacial score (nSPS) is 19.6. The molecule has 0 bridgehead atoms. The maximum atomic E-state index is 13.4. The Kier molecular flexibility index (Phi) is 5.59. The number of rotatable bonds is 4. The summed E-state index contributed by atoms with van der Waals surface area (Å²) in [6.07, 6.45) is 2.38. The van der Waals surface area contributed by atoms with Crippen molar-refractivity contribution in [2.45, 2.75) is 21.5 Å². The SMILES string of the molecule is C=CC(=O)[O][Ti]1([O]C(=O)C=C)[CH]2c3ccccc3-c3cccc(c32)[Si](C)(C)c2cccc3c2[CH]1c1ccccc1-3. The molecule has 2 unspecified atom stereocenters. The maximum absolute atomic E-state index is 13.4. The Hall–Kier alpha value is -3.77. The van der Waals surface area contributed by atoms with Crippen LogP contribution in [0.15, 0.2) is 110 Å². The molecule has 0 N–H and O–H groups in total. The minimum atomic E-state index is -4.76.